The van der Waals surface area contributed by atoms with E-state index >= 15 is 0 Å². The number of nitro groups is 1. The van der Waals surface area contributed by atoms with Crippen LogP contribution in [0.3, 0.4) is 0 Å². The van der Waals surface area contributed by atoms with E-state index in [4.69, 9.17) is 5.73 Å². The molecule has 5 nitrogen and oxygen atoms in total. The van der Waals surface area contributed by atoms with Crippen LogP contribution in [0.1, 0.15) is 25.3 Å². The molecule has 1 saturated carbocycles. The van der Waals surface area contributed by atoms with Crippen molar-refractivity contribution in [3.63, 3.8) is 0 Å². The first-order chi connectivity index (χ1) is 7.88. The van der Waals surface area contributed by atoms with Crippen LogP contribution in [0.15, 0.2) is 12.1 Å². The SMILES string of the molecule is CC(N)C1(c2cc([N+](=O)[O-])cc(F)c2O)CC1. The van der Waals surface area contributed by atoms with Gasteiger partial charge in [0.15, 0.2) is 11.6 Å². The standard InChI is InChI=1S/C11H13FN2O3/c1-6(13)11(2-3-11)8-4-7(14(16)17)5-9(12)10(8)15/h4-6,15H,2-3,13H2,1H3. The first-order valence-corrected chi connectivity index (χ1v) is 5.31. The van der Waals surface area contributed by atoms with Crippen molar-refractivity contribution >= 4 is 5.69 Å². The molecule has 0 aromatic heterocycles. The summed E-state index contributed by atoms with van der Waals surface area (Å²) in [5.41, 5.74) is 5.18. The Morgan fingerprint density at radius 2 is 2.18 bits per heavy atom. The van der Waals surface area contributed by atoms with E-state index in [1.165, 1.54) is 6.07 Å². The fourth-order valence-corrected chi connectivity index (χ4v) is 2.17. The number of phenolic OH excluding ortho intramolecular Hbond substituents is 1. The monoisotopic (exact) mass is 240 g/mol. The fraction of sp³-hybridized carbons (Fsp3) is 0.455. The summed E-state index contributed by atoms with van der Waals surface area (Å²) >= 11 is 0. The maximum atomic E-state index is 13.4. The number of nitro benzene ring substituents is 1. The number of aromatic hydroxyl groups is 1. The number of benzene rings is 1. The van der Waals surface area contributed by atoms with Gasteiger partial charge in [-0.1, -0.05) is 0 Å². The summed E-state index contributed by atoms with van der Waals surface area (Å²) in [6, 6.07) is 1.65. The lowest BCUT2D eigenvalue weighted by Crippen LogP contribution is -2.31. The summed E-state index contributed by atoms with van der Waals surface area (Å²) in [4.78, 5) is 9.98. The van der Waals surface area contributed by atoms with E-state index in [0.29, 0.717) is 12.8 Å². The van der Waals surface area contributed by atoms with Crippen molar-refractivity contribution in [2.24, 2.45) is 5.73 Å². The van der Waals surface area contributed by atoms with Gasteiger partial charge in [-0.25, -0.2) is 4.39 Å². The third-order valence-electron chi connectivity index (χ3n) is 3.46. The molecule has 92 valence electrons. The topological polar surface area (TPSA) is 89.4 Å². The van der Waals surface area contributed by atoms with E-state index in [1.807, 2.05) is 0 Å². The minimum absolute atomic E-state index is 0.249. The summed E-state index contributed by atoms with van der Waals surface area (Å²) in [6.07, 6.45) is 1.41. The molecule has 1 aromatic carbocycles. The molecule has 0 bridgehead atoms. The van der Waals surface area contributed by atoms with Gasteiger partial charge in [0, 0.05) is 23.1 Å². The second-order valence-electron chi connectivity index (χ2n) is 4.53. The Morgan fingerprint density at radius 1 is 1.59 bits per heavy atom. The highest BCUT2D eigenvalue weighted by Crippen LogP contribution is 2.54. The molecule has 17 heavy (non-hydrogen) atoms. The average molecular weight is 240 g/mol. The third kappa shape index (κ3) is 1.74. The highest BCUT2D eigenvalue weighted by molar-refractivity contribution is 5.51. The van der Waals surface area contributed by atoms with Crippen molar-refractivity contribution in [2.75, 3.05) is 0 Å². The second kappa shape index (κ2) is 3.66. The van der Waals surface area contributed by atoms with Crippen molar-refractivity contribution < 1.29 is 14.4 Å². The Labute approximate surface area is 97.2 Å². The molecule has 0 aliphatic heterocycles. The van der Waals surface area contributed by atoms with E-state index in [0.717, 1.165) is 6.07 Å². The fourth-order valence-electron chi connectivity index (χ4n) is 2.17. The van der Waals surface area contributed by atoms with E-state index in [-0.39, 0.29) is 17.3 Å². The molecule has 1 aliphatic rings. The molecule has 1 fully saturated rings. The average Bonchev–Trinajstić information content (AvgIpc) is 3.02. The largest absolute Gasteiger partial charge is 0.505 e. The lowest BCUT2D eigenvalue weighted by Gasteiger charge is -2.21. The van der Waals surface area contributed by atoms with Gasteiger partial charge in [0.25, 0.3) is 5.69 Å². The molecular weight excluding hydrogens is 227 g/mol. The van der Waals surface area contributed by atoms with Crippen molar-refractivity contribution in [3.8, 4) is 5.75 Å². The van der Waals surface area contributed by atoms with Crippen LogP contribution < -0.4 is 5.73 Å². The Morgan fingerprint density at radius 3 is 2.59 bits per heavy atom. The van der Waals surface area contributed by atoms with Gasteiger partial charge in [0.2, 0.25) is 0 Å². The Hall–Kier alpha value is -1.69. The molecule has 0 saturated heterocycles. The predicted octanol–water partition coefficient (Wildman–Crippen LogP) is 1.82. The number of rotatable bonds is 3. The van der Waals surface area contributed by atoms with Crippen molar-refractivity contribution in [2.45, 2.75) is 31.2 Å². The highest BCUT2D eigenvalue weighted by atomic mass is 19.1. The van der Waals surface area contributed by atoms with Crippen LogP contribution in [0.4, 0.5) is 10.1 Å². The molecule has 2 rings (SSSR count). The van der Waals surface area contributed by atoms with Crippen LogP contribution in [-0.4, -0.2) is 16.1 Å². The Balaban J connectivity index is 2.57. The maximum Gasteiger partial charge on any atom is 0.272 e. The summed E-state index contributed by atoms with van der Waals surface area (Å²) in [7, 11) is 0. The molecule has 6 heteroatoms. The van der Waals surface area contributed by atoms with E-state index in [9.17, 15) is 19.6 Å². The van der Waals surface area contributed by atoms with Crippen LogP contribution >= 0.6 is 0 Å². The molecule has 1 unspecified atom stereocenters. The number of hydrogen-bond acceptors (Lipinski definition) is 4. The number of nitrogens with two attached hydrogens (primary N) is 1. The molecular formula is C11H13FN2O3. The summed E-state index contributed by atoms with van der Waals surface area (Å²) in [5.74, 6) is -1.49. The summed E-state index contributed by atoms with van der Waals surface area (Å²) < 4.78 is 13.4. The molecule has 1 aromatic rings. The van der Waals surface area contributed by atoms with E-state index < -0.39 is 21.9 Å². The van der Waals surface area contributed by atoms with Crippen molar-refractivity contribution in [1.29, 1.82) is 0 Å². The van der Waals surface area contributed by atoms with Crippen molar-refractivity contribution in [1.82, 2.24) is 0 Å². The molecule has 3 N–H and O–H groups in total. The van der Waals surface area contributed by atoms with Crippen LogP contribution in [-0.2, 0) is 5.41 Å². The molecule has 1 atom stereocenters. The normalized spacial score (nSPS) is 18.8. The quantitative estimate of drug-likeness (QED) is 0.623. The van der Waals surface area contributed by atoms with Crippen LogP contribution in [0.25, 0.3) is 0 Å². The van der Waals surface area contributed by atoms with Gasteiger partial charge in [-0.2, -0.15) is 0 Å². The minimum atomic E-state index is -0.971. The Kier molecular flexibility index (Phi) is 2.54. The van der Waals surface area contributed by atoms with E-state index in [1.54, 1.807) is 6.92 Å². The number of phenols is 1. The Bertz CT molecular complexity index is 484. The number of halogens is 1. The number of nitrogens with zero attached hydrogens (tertiary/aromatic N) is 1. The zero-order chi connectivity index (χ0) is 12.8. The van der Waals surface area contributed by atoms with Gasteiger partial charge in [-0.05, 0) is 19.8 Å². The second-order valence-corrected chi connectivity index (χ2v) is 4.53. The molecule has 0 amide bonds. The van der Waals surface area contributed by atoms with Gasteiger partial charge in [0.05, 0.1) is 11.0 Å². The molecule has 0 radical (unpaired) electrons. The van der Waals surface area contributed by atoms with Gasteiger partial charge < -0.3 is 10.8 Å². The molecule has 1 aliphatic carbocycles. The van der Waals surface area contributed by atoms with E-state index in [2.05, 4.69) is 0 Å². The zero-order valence-corrected chi connectivity index (χ0v) is 9.31. The van der Waals surface area contributed by atoms with Crippen LogP contribution in [0.2, 0.25) is 0 Å². The van der Waals surface area contributed by atoms with Gasteiger partial charge in [-0.15, -0.1) is 0 Å². The smallest absolute Gasteiger partial charge is 0.272 e. The van der Waals surface area contributed by atoms with Crippen LogP contribution in [0.5, 0.6) is 5.75 Å². The van der Waals surface area contributed by atoms with Gasteiger partial charge in [0.1, 0.15) is 0 Å². The lowest BCUT2D eigenvalue weighted by molar-refractivity contribution is -0.385. The van der Waals surface area contributed by atoms with Gasteiger partial charge >= 0.3 is 0 Å². The van der Waals surface area contributed by atoms with Gasteiger partial charge in [-0.3, -0.25) is 10.1 Å². The predicted molar refractivity (Wildman–Crippen MR) is 59.3 cm³/mol. The lowest BCUT2D eigenvalue weighted by atomic mass is 9.88. The maximum absolute atomic E-state index is 13.4. The third-order valence-corrected chi connectivity index (χ3v) is 3.46. The summed E-state index contributed by atoms with van der Waals surface area (Å²) in [5, 5.41) is 20.3. The summed E-state index contributed by atoms with van der Waals surface area (Å²) in [6.45, 7) is 1.75. The van der Waals surface area contributed by atoms with Crippen LogP contribution in [0, 0.1) is 15.9 Å². The first-order valence-electron chi connectivity index (χ1n) is 5.31. The zero-order valence-electron chi connectivity index (χ0n) is 9.31. The molecule has 0 spiro atoms. The number of non-ortho nitro benzene ring substituents is 1. The molecule has 0 heterocycles. The number of hydrogen-bond donors (Lipinski definition) is 2. The highest BCUT2D eigenvalue weighted by Gasteiger charge is 2.50. The van der Waals surface area contributed by atoms with Crippen molar-refractivity contribution in [3.05, 3.63) is 33.6 Å². The first kappa shape index (κ1) is 11.8. The minimum Gasteiger partial charge on any atom is -0.505 e.